The summed E-state index contributed by atoms with van der Waals surface area (Å²) in [6.07, 6.45) is 2.04. The van der Waals surface area contributed by atoms with Gasteiger partial charge in [0.15, 0.2) is 5.96 Å². The molecule has 1 aromatic rings. The minimum atomic E-state index is -0.372. The molecule has 29 heavy (non-hydrogen) atoms. The molecular formula is C20H32ClFIN5O. The summed E-state index contributed by atoms with van der Waals surface area (Å²) < 4.78 is 19.2. The van der Waals surface area contributed by atoms with Crippen LogP contribution in [0.5, 0.6) is 0 Å². The van der Waals surface area contributed by atoms with E-state index in [1.165, 1.54) is 0 Å². The molecule has 1 aromatic carbocycles. The Labute approximate surface area is 195 Å². The first kappa shape index (κ1) is 24.6. The van der Waals surface area contributed by atoms with E-state index in [0.717, 1.165) is 64.3 Å². The number of hydrogen-bond donors (Lipinski definition) is 2. The smallest absolute Gasteiger partial charge is 0.188 e. The second-order valence-electron chi connectivity index (χ2n) is 7.61. The van der Waals surface area contributed by atoms with Crippen molar-refractivity contribution in [1.82, 2.24) is 15.1 Å². The fraction of sp³-hybridized carbons (Fsp3) is 0.650. The molecule has 2 atom stereocenters. The van der Waals surface area contributed by atoms with Gasteiger partial charge in [-0.05, 0) is 56.6 Å². The molecule has 0 saturated carbocycles. The number of benzene rings is 1. The van der Waals surface area contributed by atoms with Crippen LogP contribution in [-0.4, -0.2) is 75.3 Å². The average molecular weight is 540 g/mol. The standard InChI is InChI=1S/C20H31ClFN5O.HI/c1-26-8-5-16(19(26)15-3-4-17(21)18(22)13-15)14-25-20(23)24-6-2-7-27-9-11-28-12-10-27;/h3-4,13,16,19H,2,5-12,14H2,1H3,(H3,23,24,25);1H. The van der Waals surface area contributed by atoms with Crippen LogP contribution in [0.3, 0.4) is 0 Å². The molecule has 3 rings (SSSR count). The first-order valence-corrected chi connectivity index (χ1v) is 10.4. The number of nitrogens with one attached hydrogen (secondary N) is 1. The lowest BCUT2D eigenvalue weighted by Gasteiger charge is -2.26. The van der Waals surface area contributed by atoms with Crippen molar-refractivity contribution >= 4 is 41.5 Å². The van der Waals surface area contributed by atoms with Gasteiger partial charge in [-0.25, -0.2) is 4.39 Å². The largest absolute Gasteiger partial charge is 0.379 e. The quantitative estimate of drug-likeness (QED) is 0.241. The molecule has 0 radical (unpaired) electrons. The lowest BCUT2D eigenvalue weighted by atomic mass is 9.94. The van der Waals surface area contributed by atoms with Gasteiger partial charge in [-0.3, -0.25) is 14.8 Å². The van der Waals surface area contributed by atoms with Crippen molar-refractivity contribution in [3.05, 3.63) is 34.6 Å². The number of rotatable bonds is 7. The van der Waals surface area contributed by atoms with E-state index in [2.05, 4.69) is 27.2 Å². The van der Waals surface area contributed by atoms with E-state index in [4.69, 9.17) is 22.1 Å². The number of ether oxygens (including phenoxy) is 1. The number of likely N-dealkylation sites (tertiary alicyclic amines) is 1. The van der Waals surface area contributed by atoms with Crippen molar-refractivity contribution in [3.8, 4) is 0 Å². The van der Waals surface area contributed by atoms with Gasteiger partial charge < -0.3 is 15.8 Å². The van der Waals surface area contributed by atoms with Crippen LogP contribution in [0.1, 0.15) is 24.4 Å². The number of nitrogens with two attached hydrogens (primary N) is 1. The zero-order valence-electron chi connectivity index (χ0n) is 16.9. The number of guanidine groups is 1. The highest BCUT2D eigenvalue weighted by Gasteiger charge is 2.33. The van der Waals surface area contributed by atoms with Crippen molar-refractivity contribution < 1.29 is 9.13 Å². The van der Waals surface area contributed by atoms with Crippen molar-refractivity contribution in [2.24, 2.45) is 16.6 Å². The maximum Gasteiger partial charge on any atom is 0.188 e. The van der Waals surface area contributed by atoms with Crippen molar-refractivity contribution in [2.75, 3.05) is 59.5 Å². The first-order valence-electron chi connectivity index (χ1n) is 10.0. The van der Waals surface area contributed by atoms with E-state index in [9.17, 15) is 4.39 Å². The normalized spacial score (nSPS) is 23.8. The molecule has 0 spiro atoms. The highest BCUT2D eigenvalue weighted by atomic mass is 127. The maximum atomic E-state index is 13.9. The zero-order chi connectivity index (χ0) is 19.9. The molecule has 2 saturated heterocycles. The van der Waals surface area contributed by atoms with Crippen LogP contribution in [-0.2, 0) is 4.74 Å². The van der Waals surface area contributed by atoms with E-state index in [0.29, 0.717) is 18.4 Å². The summed E-state index contributed by atoms with van der Waals surface area (Å²) in [5.41, 5.74) is 6.99. The molecule has 2 unspecified atom stereocenters. The van der Waals surface area contributed by atoms with E-state index in [-0.39, 0.29) is 40.9 Å². The lowest BCUT2D eigenvalue weighted by Crippen LogP contribution is -2.39. The highest BCUT2D eigenvalue weighted by Crippen LogP contribution is 2.37. The molecular weight excluding hydrogens is 508 g/mol. The molecule has 2 heterocycles. The maximum absolute atomic E-state index is 13.9. The van der Waals surface area contributed by atoms with Gasteiger partial charge in [0.1, 0.15) is 5.82 Å². The summed E-state index contributed by atoms with van der Waals surface area (Å²) in [6.45, 7) is 7.10. The molecule has 0 aliphatic carbocycles. The summed E-state index contributed by atoms with van der Waals surface area (Å²) >= 11 is 5.83. The topological polar surface area (TPSA) is 66.1 Å². The summed E-state index contributed by atoms with van der Waals surface area (Å²) in [4.78, 5) is 9.19. The Morgan fingerprint density at radius 1 is 1.34 bits per heavy atom. The van der Waals surface area contributed by atoms with Gasteiger partial charge in [0, 0.05) is 32.2 Å². The molecule has 3 N–H and O–H groups in total. The molecule has 2 fully saturated rings. The highest BCUT2D eigenvalue weighted by molar-refractivity contribution is 14.0. The van der Waals surface area contributed by atoms with Crippen LogP contribution in [0, 0.1) is 11.7 Å². The van der Waals surface area contributed by atoms with Gasteiger partial charge in [0.05, 0.1) is 18.2 Å². The summed E-state index contributed by atoms with van der Waals surface area (Å²) in [6, 6.07) is 5.20. The number of morpholine rings is 1. The second kappa shape index (κ2) is 12.2. The minimum absolute atomic E-state index is 0. The molecule has 2 aliphatic rings. The summed E-state index contributed by atoms with van der Waals surface area (Å²) in [7, 11) is 2.06. The fourth-order valence-corrected chi connectivity index (χ4v) is 4.17. The predicted octanol–water partition coefficient (Wildman–Crippen LogP) is 2.72. The van der Waals surface area contributed by atoms with Gasteiger partial charge in [0.25, 0.3) is 0 Å². The van der Waals surface area contributed by atoms with E-state index < -0.39 is 0 Å². The Bertz CT molecular complexity index is 674. The Morgan fingerprint density at radius 3 is 2.83 bits per heavy atom. The minimum Gasteiger partial charge on any atom is -0.379 e. The molecule has 2 aliphatic heterocycles. The van der Waals surface area contributed by atoms with Crippen molar-refractivity contribution in [2.45, 2.75) is 18.9 Å². The number of halogens is 3. The Hall–Kier alpha value is -0.680. The van der Waals surface area contributed by atoms with Gasteiger partial charge in [-0.1, -0.05) is 17.7 Å². The summed E-state index contributed by atoms with van der Waals surface area (Å²) in [5, 5.41) is 3.36. The third kappa shape index (κ3) is 7.20. The van der Waals surface area contributed by atoms with Crippen molar-refractivity contribution in [1.29, 1.82) is 0 Å². The Morgan fingerprint density at radius 2 is 2.10 bits per heavy atom. The van der Waals surface area contributed by atoms with Crippen LogP contribution in [0.25, 0.3) is 0 Å². The second-order valence-corrected chi connectivity index (χ2v) is 8.02. The number of hydrogen-bond acceptors (Lipinski definition) is 4. The first-order chi connectivity index (χ1) is 13.5. The van der Waals surface area contributed by atoms with E-state index in [1.807, 2.05) is 6.07 Å². The van der Waals surface area contributed by atoms with Crippen LogP contribution in [0.2, 0.25) is 5.02 Å². The Balaban J connectivity index is 0.00000300. The van der Waals surface area contributed by atoms with Crippen LogP contribution in [0.15, 0.2) is 23.2 Å². The molecule has 0 bridgehead atoms. The average Bonchev–Trinajstić information content (AvgIpc) is 3.07. The van der Waals surface area contributed by atoms with Crippen LogP contribution < -0.4 is 11.1 Å². The Kier molecular flexibility index (Phi) is 10.4. The zero-order valence-corrected chi connectivity index (χ0v) is 20.0. The SMILES string of the molecule is CN1CCC(CN=C(N)NCCCN2CCOCC2)C1c1ccc(Cl)c(F)c1.I. The number of aliphatic imine (C=N–C) groups is 1. The van der Waals surface area contributed by atoms with Gasteiger partial charge in [0.2, 0.25) is 0 Å². The third-order valence-electron chi connectivity index (χ3n) is 5.62. The summed E-state index contributed by atoms with van der Waals surface area (Å²) in [5.74, 6) is 0.417. The number of nitrogens with zero attached hydrogens (tertiary/aromatic N) is 3. The molecule has 6 nitrogen and oxygen atoms in total. The predicted molar refractivity (Wildman–Crippen MR) is 127 cm³/mol. The van der Waals surface area contributed by atoms with E-state index in [1.54, 1.807) is 12.1 Å². The van der Waals surface area contributed by atoms with E-state index >= 15 is 0 Å². The van der Waals surface area contributed by atoms with Gasteiger partial charge in [-0.15, -0.1) is 24.0 Å². The van der Waals surface area contributed by atoms with Gasteiger partial charge >= 0.3 is 0 Å². The van der Waals surface area contributed by atoms with Crippen LogP contribution >= 0.6 is 35.6 Å². The van der Waals surface area contributed by atoms with Crippen LogP contribution in [0.4, 0.5) is 4.39 Å². The van der Waals surface area contributed by atoms with Crippen molar-refractivity contribution in [3.63, 3.8) is 0 Å². The van der Waals surface area contributed by atoms with Gasteiger partial charge in [-0.2, -0.15) is 0 Å². The molecule has 0 amide bonds. The fourth-order valence-electron chi connectivity index (χ4n) is 4.06. The monoisotopic (exact) mass is 539 g/mol. The third-order valence-corrected chi connectivity index (χ3v) is 5.92. The molecule has 9 heteroatoms. The molecule has 164 valence electrons. The molecule has 0 aromatic heterocycles. The lowest BCUT2D eigenvalue weighted by molar-refractivity contribution is 0.0376.